The summed E-state index contributed by atoms with van der Waals surface area (Å²) in [5, 5.41) is 33.4. The summed E-state index contributed by atoms with van der Waals surface area (Å²) < 4.78 is 23.2. The number of aliphatic hydroxyl groups is 2. The van der Waals surface area contributed by atoms with Crippen molar-refractivity contribution in [3.05, 3.63) is 59.5 Å². The molecule has 4 aromatic rings. The maximum atomic E-state index is 13.4. The van der Waals surface area contributed by atoms with Gasteiger partial charge in [0.1, 0.15) is 35.5 Å². The number of aromatic carboxylic acids is 1. The van der Waals surface area contributed by atoms with Gasteiger partial charge in [-0.25, -0.2) is 4.79 Å². The Bertz CT molecular complexity index is 1810. The van der Waals surface area contributed by atoms with Crippen molar-refractivity contribution in [2.45, 2.75) is 82.2 Å². The lowest BCUT2D eigenvalue weighted by atomic mass is 9.63. The molecule has 1 saturated carbocycles. The van der Waals surface area contributed by atoms with E-state index in [0.717, 1.165) is 24.0 Å². The van der Waals surface area contributed by atoms with Gasteiger partial charge < -0.3 is 49.6 Å². The number of rotatable bonds is 13. The first-order valence-electron chi connectivity index (χ1n) is 17.0. The number of H-pyrrole nitrogens is 1. The lowest BCUT2D eigenvalue weighted by molar-refractivity contribution is -0.127. The molecule has 0 spiro atoms. The highest BCUT2D eigenvalue weighted by molar-refractivity contribution is 6.05. The number of amides is 1. The van der Waals surface area contributed by atoms with E-state index in [1.807, 2.05) is 32.0 Å². The number of nitrogens with zero attached hydrogens (tertiary/aromatic N) is 1. The first kappa shape index (κ1) is 34.8. The molecule has 6 rings (SSSR count). The number of benzene rings is 2. The molecule has 2 fully saturated rings. The second-order valence-corrected chi connectivity index (χ2v) is 14.0. The summed E-state index contributed by atoms with van der Waals surface area (Å²) in [6.45, 7) is 6.73. The molecule has 6 N–H and O–H groups in total. The predicted octanol–water partition coefficient (Wildman–Crippen LogP) is 4.73. The number of hydrogen-bond donors (Lipinski definition) is 5. The number of carbonyl (C=O) groups is 2. The van der Waals surface area contributed by atoms with E-state index < -0.39 is 22.9 Å². The molecule has 2 aromatic heterocycles. The summed E-state index contributed by atoms with van der Waals surface area (Å²) in [7, 11) is 1.62. The fourth-order valence-corrected chi connectivity index (χ4v) is 7.68. The Morgan fingerprint density at radius 3 is 2.65 bits per heavy atom. The molecule has 3 atom stereocenters. The number of carboxylic acids is 1. The number of primary amides is 1. The molecule has 2 aromatic carbocycles. The number of likely N-dealkylation sites (tertiary alicyclic amines) is 1. The number of nitrogens with two attached hydrogens (primary N) is 1. The Morgan fingerprint density at radius 1 is 1.18 bits per heavy atom. The average Bonchev–Trinajstić information content (AvgIpc) is 3.67. The van der Waals surface area contributed by atoms with E-state index >= 15 is 0 Å². The number of nitrogens with one attached hydrogen (secondary N) is 1. The number of aromatic nitrogens is 1. The van der Waals surface area contributed by atoms with Gasteiger partial charge in [0.25, 0.3) is 0 Å². The highest BCUT2D eigenvalue weighted by atomic mass is 16.5. The van der Waals surface area contributed by atoms with Crippen molar-refractivity contribution in [1.29, 1.82) is 0 Å². The lowest BCUT2D eigenvalue weighted by Gasteiger charge is -2.44. The summed E-state index contributed by atoms with van der Waals surface area (Å²) >= 11 is 0. The third-order valence-electron chi connectivity index (χ3n) is 10.6. The first-order valence-corrected chi connectivity index (χ1v) is 17.0. The predicted molar refractivity (Wildman–Crippen MR) is 183 cm³/mol. The van der Waals surface area contributed by atoms with Gasteiger partial charge in [0.05, 0.1) is 35.5 Å². The minimum absolute atomic E-state index is 0.111. The average molecular weight is 678 g/mol. The van der Waals surface area contributed by atoms with Gasteiger partial charge in [-0.2, -0.15) is 0 Å². The Kier molecular flexibility index (Phi) is 9.95. The molecule has 1 aliphatic carbocycles. The Hall–Kier alpha value is -4.10. The van der Waals surface area contributed by atoms with Crippen LogP contribution in [0.1, 0.15) is 74.0 Å². The molecular weight excluding hydrogens is 630 g/mol. The summed E-state index contributed by atoms with van der Waals surface area (Å²) in [5.41, 5.74) is 5.90. The number of carbonyl (C=O) groups excluding carboxylic acids is 1. The van der Waals surface area contributed by atoms with Crippen molar-refractivity contribution in [3.8, 4) is 11.5 Å². The third-order valence-corrected chi connectivity index (χ3v) is 10.6. The van der Waals surface area contributed by atoms with E-state index in [9.17, 15) is 24.9 Å². The molecule has 0 bridgehead atoms. The van der Waals surface area contributed by atoms with Crippen LogP contribution in [-0.4, -0.2) is 88.2 Å². The van der Waals surface area contributed by atoms with Crippen LogP contribution < -0.4 is 15.2 Å². The van der Waals surface area contributed by atoms with Crippen LogP contribution in [0.25, 0.3) is 21.9 Å². The zero-order chi connectivity index (χ0) is 34.9. The van der Waals surface area contributed by atoms with Crippen LogP contribution in [0.2, 0.25) is 0 Å². The van der Waals surface area contributed by atoms with E-state index in [1.54, 1.807) is 31.6 Å². The Balaban J connectivity index is 1.25. The van der Waals surface area contributed by atoms with E-state index in [-0.39, 0.29) is 56.1 Å². The van der Waals surface area contributed by atoms with Crippen molar-refractivity contribution in [1.82, 2.24) is 9.88 Å². The number of piperidine rings is 1. The molecule has 0 radical (unpaired) electrons. The first-order chi connectivity index (χ1) is 23.4. The van der Waals surface area contributed by atoms with Crippen LogP contribution in [0, 0.1) is 5.92 Å². The molecule has 12 nitrogen and oxygen atoms in total. The van der Waals surface area contributed by atoms with Gasteiger partial charge in [0, 0.05) is 54.7 Å². The quantitative estimate of drug-likeness (QED) is 0.133. The second-order valence-electron chi connectivity index (χ2n) is 14.0. The molecule has 1 amide bonds. The summed E-state index contributed by atoms with van der Waals surface area (Å²) in [5.74, 6) is -0.621. The molecule has 1 saturated heterocycles. The number of carboxylic acid groups (broad SMARTS) is 1. The van der Waals surface area contributed by atoms with Gasteiger partial charge in [-0.3, -0.25) is 4.79 Å². The number of hydrogen-bond acceptors (Lipinski definition) is 9. The lowest BCUT2D eigenvalue weighted by Crippen LogP contribution is -2.50. The third kappa shape index (κ3) is 7.00. The largest absolute Gasteiger partial charge is 0.488 e. The molecular formula is C37H47N3O9. The monoisotopic (exact) mass is 677 g/mol. The highest BCUT2D eigenvalue weighted by Gasteiger charge is 2.50. The Morgan fingerprint density at radius 2 is 1.96 bits per heavy atom. The minimum Gasteiger partial charge on any atom is -0.488 e. The van der Waals surface area contributed by atoms with Crippen LogP contribution in [0.15, 0.2) is 47.1 Å². The fraction of sp³-hybridized carbons (Fsp3) is 0.514. The topological polar surface area (TPSA) is 181 Å². The minimum atomic E-state index is -1.33. The zero-order valence-corrected chi connectivity index (χ0v) is 28.4. The smallest absolute Gasteiger partial charge is 0.352 e. The highest BCUT2D eigenvalue weighted by Crippen LogP contribution is 2.49. The van der Waals surface area contributed by atoms with E-state index in [1.165, 1.54) is 0 Å². The SMILES string of the molecule is COC[C@H](C)Oc1ccc2c(COc3cccc4[nH]c(C(=O)O)c(C5(C(N)=O)CCC(O)(CCN6CC[C@H](O)[C@@H](C)C6)CC5)c34)coc2c1. The van der Waals surface area contributed by atoms with E-state index in [2.05, 4.69) is 9.88 Å². The molecule has 0 unspecified atom stereocenters. The number of aliphatic hydroxyl groups excluding tert-OH is 1. The van der Waals surface area contributed by atoms with Gasteiger partial charge in [0.15, 0.2) is 0 Å². The second kappa shape index (κ2) is 14.0. The van der Waals surface area contributed by atoms with Crippen molar-refractivity contribution in [2.75, 3.05) is 33.4 Å². The van der Waals surface area contributed by atoms with Crippen molar-refractivity contribution in [2.24, 2.45) is 11.7 Å². The maximum absolute atomic E-state index is 13.4. The van der Waals surface area contributed by atoms with Gasteiger partial charge in [0.2, 0.25) is 5.91 Å². The fourth-order valence-electron chi connectivity index (χ4n) is 7.68. The molecule has 1 aliphatic heterocycles. The van der Waals surface area contributed by atoms with Crippen LogP contribution in [0.5, 0.6) is 11.5 Å². The van der Waals surface area contributed by atoms with Crippen LogP contribution >= 0.6 is 0 Å². The number of fused-ring (bicyclic) bond motifs is 2. The van der Waals surface area contributed by atoms with E-state index in [4.69, 9.17) is 24.4 Å². The van der Waals surface area contributed by atoms with Crippen LogP contribution in [0.3, 0.4) is 0 Å². The molecule has 2 aliphatic rings. The number of aromatic amines is 1. The number of methoxy groups -OCH3 is 1. The standard InChI is InChI=1S/C37H47N3O9/c1-22-18-40(15-9-28(22)41)16-14-36(45)10-12-37(13-11-36,35(38)44)32-31-27(39-33(32)34(42)43)5-4-6-29(31)47-20-24-21-48-30-17-25(7-8-26(24)30)49-23(2)19-46-3/h4-8,17,21-23,28,39,41,45H,9-16,18-20H2,1-3H3,(H2,38,44)(H,42,43)/t22-,23-,28-,36?,37?/m0/s1. The van der Waals surface area contributed by atoms with Crippen molar-refractivity contribution >= 4 is 33.7 Å². The van der Waals surface area contributed by atoms with Crippen molar-refractivity contribution < 1.29 is 43.5 Å². The van der Waals surface area contributed by atoms with Crippen LogP contribution in [-0.2, 0) is 21.6 Å². The van der Waals surface area contributed by atoms with Gasteiger partial charge in [-0.15, -0.1) is 0 Å². The van der Waals surface area contributed by atoms with Gasteiger partial charge in [-0.1, -0.05) is 13.0 Å². The summed E-state index contributed by atoms with van der Waals surface area (Å²) in [6.07, 6.45) is 3.35. The zero-order valence-electron chi connectivity index (χ0n) is 28.4. The van der Waals surface area contributed by atoms with E-state index in [0.29, 0.717) is 59.5 Å². The molecule has 264 valence electrons. The van der Waals surface area contributed by atoms with Gasteiger partial charge in [-0.05, 0) is 75.6 Å². The molecule has 49 heavy (non-hydrogen) atoms. The van der Waals surface area contributed by atoms with Crippen LogP contribution in [0.4, 0.5) is 0 Å². The van der Waals surface area contributed by atoms with Gasteiger partial charge >= 0.3 is 5.97 Å². The molecule has 3 heterocycles. The number of ether oxygens (including phenoxy) is 3. The summed E-state index contributed by atoms with van der Waals surface area (Å²) in [6, 6.07) is 10.8. The van der Waals surface area contributed by atoms with Crippen molar-refractivity contribution in [3.63, 3.8) is 0 Å². The maximum Gasteiger partial charge on any atom is 0.352 e. The Labute approximate surface area is 285 Å². The molecule has 12 heteroatoms. The summed E-state index contributed by atoms with van der Waals surface area (Å²) in [4.78, 5) is 31.4. The number of furan rings is 1. The normalized spacial score (nSPS) is 25.4.